The van der Waals surface area contributed by atoms with E-state index >= 15 is 0 Å². The van der Waals surface area contributed by atoms with E-state index in [0.717, 1.165) is 17.8 Å². The average Bonchev–Trinajstić information content (AvgIpc) is 3.09. The molecule has 0 fully saturated rings. The van der Waals surface area contributed by atoms with Crippen LogP contribution in [0, 0.1) is 0 Å². The molecule has 2 aromatic heterocycles. The normalized spacial score (nSPS) is 12.9. The van der Waals surface area contributed by atoms with Crippen molar-refractivity contribution in [3.05, 3.63) is 29.3 Å². The van der Waals surface area contributed by atoms with Crippen LogP contribution >= 0.6 is 0 Å². The van der Waals surface area contributed by atoms with Crippen LogP contribution in [0.3, 0.4) is 0 Å². The summed E-state index contributed by atoms with van der Waals surface area (Å²) in [5.74, 6) is 0.595. The van der Waals surface area contributed by atoms with Gasteiger partial charge in [-0.25, -0.2) is 0 Å². The molecule has 1 atom stereocenters. The SMILES string of the molecule is CCc1cc(C(O)c2c(OC)cnn2C(C)C)n(CC)n1. The Hall–Kier alpha value is -1.82. The third-order valence-electron chi connectivity index (χ3n) is 3.57. The summed E-state index contributed by atoms with van der Waals surface area (Å²) in [4.78, 5) is 0. The summed E-state index contributed by atoms with van der Waals surface area (Å²) in [6.45, 7) is 8.83. The summed E-state index contributed by atoms with van der Waals surface area (Å²) >= 11 is 0. The zero-order valence-electron chi connectivity index (χ0n) is 13.4. The summed E-state index contributed by atoms with van der Waals surface area (Å²) in [5.41, 5.74) is 2.42. The van der Waals surface area contributed by atoms with E-state index in [1.807, 2.05) is 31.5 Å². The molecule has 0 radical (unpaired) electrons. The number of aryl methyl sites for hydroxylation is 2. The second kappa shape index (κ2) is 6.30. The van der Waals surface area contributed by atoms with Crippen molar-refractivity contribution < 1.29 is 9.84 Å². The Morgan fingerprint density at radius 2 is 2.05 bits per heavy atom. The topological polar surface area (TPSA) is 65.1 Å². The fourth-order valence-electron chi connectivity index (χ4n) is 2.46. The number of nitrogens with zero attached hydrogens (tertiary/aromatic N) is 4. The van der Waals surface area contributed by atoms with Gasteiger partial charge in [-0.2, -0.15) is 10.2 Å². The molecule has 0 bridgehead atoms. The highest BCUT2D eigenvalue weighted by Gasteiger charge is 2.26. The van der Waals surface area contributed by atoms with Crippen molar-refractivity contribution in [3.8, 4) is 5.75 Å². The molecule has 0 aliphatic rings. The Morgan fingerprint density at radius 3 is 2.57 bits per heavy atom. The largest absolute Gasteiger partial charge is 0.493 e. The van der Waals surface area contributed by atoms with Gasteiger partial charge in [-0.3, -0.25) is 9.36 Å². The maximum atomic E-state index is 10.8. The minimum atomic E-state index is -0.808. The highest BCUT2D eigenvalue weighted by Crippen LogP contribution is 2.32. The van der Waals surface area contributed by atoms with Crippen LogP contribution in [-0.2, 0) is 13.0 Å². The molecule has 116 valence electrons. The summed E-state index contributed by atoms with van der Waals surface area (Å²) in [6, 6.07) is 2.09. The Kier molecular flexibility index (Phi) is 4.67. The first-order valence-corrected chi connectivity index (χ1v) is 7.39. The number of aromatic nitrogens is 4. The number of hydrogen-bond donors (Lipinski definition) is 1. The number of ether oxygens (including phenoxy) is 1. The first kappa shape index (κ1) is 15.6. The molecule has 0 spiro atoms. The highest BCUT2D eigenvalue weighted by atomic mass is 16.5. The Bertz CT molecular complexity index is 601. The molecule has 6 nitrogen and oxygen atoms in total. The van der Waals surface area contributed by atoms with Crippen LogP contribution in [0.15, 0.2) is 12.3 Å². The lowest BCUT2D eigenvalue weighted by molar-refractivity contribution is 0.188. The minimum Gasteiger partial charge on any atom is -0.493 e. The lowest BCUT2D eigenvalue weighted by atomic mass is 10.1. The quantitative estimate of drug-likeness (QED) is 0.887. The third-order valence-corrected chi connectivity index (χ3v) is 3.57. The molecule has 1 N–H and O–H groups in total. The van der Waals surface area contributed by atoms with Gasteiger partial charge in [0.15, 0.2) is 5.75 Å². The lowest BCUT2D eigenvalue weighted by Crippen LogP contribution is -2.16. The van der Waals surface area contributed by atoms with E-state index in [9.17, 15) is 5.11 Å². The third kappa shape index (κ3) is 2.81. The molecule has 21 heavy (non-hydrogen) atoms. The van der Waals surface area contributed by atoms with Crippen molar-refractivity contribution in [2.75, 3.05) is 7.11 Å². The summed E-state index contributed by atoms with van der Waals surface area (Å²) in [5, 5.41) is 19.7. The molecule has 0 aliphatic heterocycles. The number of methoxy groups -OCH3 is 1. The predicted molar refractivity (Wildman–Crippen MR) is 80.5 cm³/mol. The van der Waals surface area contributed by atoms with E-state index in [0.29, 0.717) is 18.0 Å². The van der Waals surface area contributed by atoms with Crippen molar-refractivity contribution in [3.63, 3.8) is 0 Å². The van der Waals surface area contributed by atoms with Crippen LogP contribution in [0.4, 0.5) is 0 Å². The minimum absolute atomic E-state index is 0.141. The van der Waals surface area contributed by atoms with E-state index in [-0.39, 0.29) is 6.04 Å². The summed E-state index contributed by atoms with van der Waals surface area (Å²) < 4.78 is 8.98. The van der Waals surface area contributed by atoms with Crippen molar-refractivity contribution in [1.29, 1.82) is 0 Å². The maximum Gasteiger partial charge on any atom is 0.163 e. The molecule has 0 saturated carbocycles. The standard InChI is InChI=1S/C15H24N4O2/c1-6-11-8-12(18(7-2)17-11)15(20)14-13(21-5)9-16-19(14)10(3)4/h8-10,15,20H,6-7H2,1-5H3. The monoisotopic (exact) mass is 292 g/mol. The van der Waals surface area contributed by atoms with Crippen molar-refractivity contribution in [1.82, 2.24) is 19.6 Å². The van der Waals surface area contributed by atoms with Crippen LogP contribution in [0.5, 0.6) is 5.75 Å². The molecule has 1 unspecified atom stereocenters. The summed E-state index contributed by atoms with van der Waals surface area (Å²) in [7, 11) is 1.59. The van der Waals surface area contributed by atoms with E-state index in [2.05, 4.69) is 17.1 Å². The van der Waals surface area contributed by atoms with Gasteiger partial charge in [0.25, 0.3) is 0 Å². The first-order chi connectivity index (χ1) is 10.0. The van der Waals surface area contributed by atoms with E-state index in [1.165, 1.54) is 0 Å². The van der Waals surface area contributed by atoms with Gasteiger partial charge in [0.2, 0.25) is 0 Å². The average molecular weight is 292 g/mol. The van der Waals surface area contributed by atoms with E-state index in [1.54, 1.807) is 18.0 Å². The van der Waals surface area contributed by atoms with Gasteiger partial charge in [-0.15, -0.1) is 0 Å². The number of aliphatic hydroxyl groups excluding tert-OH is 1. The first-order valence-electron chi connectivity index (χ1n) is 7.39. The number of hydrogen-bond acceptors (Lipinski definition) is 4. The molecule has 0 aliphatic carbocycles. The fraction of sp³-hybridized carbons (Fsp3) is 0.600. The van der Waals surface area contributed by atoms with Gasteiger partial charge in [-0.05, 0) is 33.3 Å². The molecule has 0 amide bonds. The predicted octanol–water partition coefficient (Wildman–Crippen LogP) is 2.33. The van der Waals surface area contributed by atoms with E-state index in [4.69, 9.17) is 4.74 Å². The van der Waals surface area contributed by atoms with Crippen LogP contribution in [-0.4, -0.2) is 31.8 Å². The zero-order valence-corrected chi connectivity index (χ0v) is 13.4. The van der Waals surface area contributed by atoms with Crippen molar-refractivity contribution >= 4 is 0 Å². The van der Waals surface area contributed by atoms with Gasteiger partial charge < -0.3 is 9.84 Å². The lowest BCUT2D eigenvalue weighted by Gasteiger charge is -2.18. The fourth-order valence-corrected chi connectivity index (χ4v) is 2.46. The molecular weight excluding hydrogens is 268 g/mol. The number of rotatable bonds is 6. The number of aliphatic hydroxyl groups is 1. The van der Waals surface area contributed by atoms with Gasteiger partial charge >= 0.3 is 0 Å². The van der Waals surface area contributed by atoms with Crippen LogP contribution in [0.1, 0.15) is 56.9 Å². The van der Waals surface area contributed by atoms with Gasteiger partial charge in [0.1, 0.15) is 11.8 Å². The second-order valence-corrected chi connectivity index (χ2v) is 5.27. The molecule has 2 rings (SSSR count). The maximum absolute atomic E-state index is 10.8. The smallest absolute Gasteiger partial charge is 0.163 e. The summed E-state index contributed by atoms with van der Waals surface area (Å²) in [6.07, 6.45) is 1.68. The Morgan fingerprint density at radius 1 is 1.33 bits per heavy atom. The van der Waals surface area contributed by atoms with E-state index < -0.39 is 6.10 Å². The van der Waals surface area contributed by atoms with Crippen LogP contribution in [0.25, 0.3) is 0 Å². The van der Waals surface area contributed by atoms with Crippen LogP contribution in [0.2, 0.25) is 0 Å². The van der Waals surface area contributed by atoms with Gasteiger partial charge in [0, 0.05) is 12.6 Å². The molecule has 2 aromatic rings. The molecule has 0 saturated heterocycles. The second-order valence-electron chi connectivity index (χ2n) is 5.27. The van der Waals surface area contributed by atoms with Gasteiger partial charge in [-0.1, -0.05) is 6.92 Å². The van der Waals surface area contributed by atoms with Gasteiger partial charge in [0.05, 0.1) is 24.7 Å². The Balaban J connectivity index is 2.51. The zero-order chi connectivity index (χ0) is 15.6. The molecule has 0 aromatic carbocycles. The van der Waals surface area contributed by atoms with Crippen molar-refractivity contribution in [2.45, 2.75) is 52.8 Å². The molecule has 2 heterocycles. The van der Waals surface area contributed by atoms with Crippen LogP contribution < -0.4 is 4.74 Å². The Labute approximate surface area is 125 Å². The van der Waals surface area contributed by atoms with Crippen molar-refractivity contribution in [2.24, 2.45) is 0 Å². The molecule has 6 heteroatoms. The molecular formula is C15H24N4O2. The highest BCUT2D eigenvalue weighted by molar-refractivity contribution is 5.33.